The van der Waals surface area contributed by atoms with Crippen molar-refractivity contribution in [3.8, 4) is 11.5 Å². The molecule has 0 spiro atoms. The molecule has 4 saturated carbocycles. The third-order valence-corrected chi connectivity index (χ3v) is 7.42. The lowest BCUT2D eigenvalue weighted by atomic mass is 9.53. The highest BCUT2D eigenvalue weighted by Gasteiger charge is 2.50. The first-order chi connectivity index (χ1) is 14.2. The summed E-state index contributed by atoms with van der Waals surface area (Å²) in [5, 5.41) is 3.98. The largest absolute Gasteiger partial charge is 0.493 e. The lowest BCUT2D eigenvalue weighted by Crippen LogP contribution is -2.58. The van der Waals surface area contributed by atoms with Gasteiger partial charge in [0.2, 0.25) is 0 Å². The Bertz CT molecular complexity index is 797. The molecular weight excluding hydrogens is 358 g/mol. The molecule has 0 aliphatic heterocycles. The molecule has 154 valence electrons. The Kier molecular flexibility index (Phi) is 5.26. The van der Waals surface area contributed by atoms with E-state index in [1.165, 1.54) is 49.7 Å². The Morgan fingerprint density at radius 1 is 0.862 bits per heavy atom. The van der Waals surface area contributed by atoms with Crippen molar-refractivity contribution >= 4 is 0 Å². The lowest BCUT2D eigenvalue weighted by molar-refractivity contribution is -0.0206. The third-order valence-electron chi connectivity index (χ3n) is 7.42. The minimum absolute atomic E-state index is 0.396. The molecule has 4 bridgehead atoms. The van der Waals surface area contributed by atoms with E-state index in [2.05, 4.69) is 47.8 Å². The molecule has 0 amide bonds. The van der Waals surface area contributed by atoms with Crippen molar-refractivity contribution in [2.75, 3.05) is 13.7 Å². The van der Waals surface area contributed by atoms with Gasteiger partial charge in [0.25, 0.3) is 0 Å². The van der Waals surface area contributed by atoms with E-state index >= 15 is 0 Å². The molecule has 3 heteroatoms. The van der Waals surface area contributed by atoms with Crippen LogP contribution in [0.25, 0.3) is 0 Å². The molecule has 3 nitrogen and oxygen atoms in total. The zero-order chi connectivity index (χ0) is 19.7. The number of methoxy groups -OCH3 is 1. The van der Waals surface area contributed by atoms with Crippen LogP contribution in [0.1, 0.15) is 49.7 Å². The quantitative estimate of drug-likeness (QED) is 0.656. The van der Waals surface area contributed by atoms with Crippen molar-refractivity contribution in [2.24, 2.45) is 17.8 Å². The van der Waals surface area contributed by atoms with Crippen LogP contribution in [0.3, 0.4) is 0 Å². The Morgan fingerprint density at radius 2 is 1.55 bits per heavy atom. The van der Waals surface area contributed by atoms with Gasteiger partial charge in [0.05, 0.1) is 13.7 Å². The van der Waals surface area contributed by atoms with Gasteiger partial charge in [0, 0.05) is 18.5 Å². The van der Waals surface area contributed by atoms with Crippen molar-refractivity contribution in [3.63, 3.8) is 0 Å². The van der Waals surface area contributed by atoms with Gasteiger partial charge in [-0.3, -0.25) is 0 Å². The van der Waals surface area contributed by atoms with Crippen LogP contribution < -0.4 is 14.8 Å². The number of rotatable bonds is 8. The van der Waals surface area contributed by atoms with E-state index in [1.807, 2.05) is 6.07 Å². The number of ether oxygens (including phenoxy) is 2. The molecule has 6 rings (SSSR count). The molecule has 0 aromatic heterocycles. The van der Waals surface area contributed by atoms with Gasteiger partial charge < -0.3 is 14.8 Å². The second-order valence-electron chi connectivity index (χ2n) is 9.62. The molecule has 0 unspecified atom stereocenters. The smallest absolute Gasteiger partial charge is 0.161 e. The molecule has 0 radical (unpaired) electrons. The minimum Gasteiger partial charge on any atom is -0.493 e. The molecule has 0 atom stereocenters. The van der Waals surface area contributed by atoms with Gasteiger partial charge >= 0.3 is 0 Å². The summed E-state index contributed by atoms with van der Waals surface area (Å²) in [6.07, 6.45) is 9.53. The average molecular weight is 392 g/mol. The Hall–Kier alpha value is -2.00. The maximum Gasteiger partial charge on any atom is 0.161 e. The van der Waals surface area contributed by atoms with Crippen LogP contribution in [0.4, 0.5) is 0 Å². The number of hydrogen-bond donors (Lipinski definition) is 1. The van der Waals surface area contributed by atoms with Gasteiger partial charge in [-0.15, -0.1) is 0 Å². The maximum atomic E-state index is 6.02. The van der Waals surface area contributed by atoms with Gasteiger partial charge in [-0.25, -0.2) is 0 Å². The maximum absolute atomic E-state index is 6.02. The molecule has 29 heavy (non-hydrogen) atoms. The SMILES string of the molecule is COc1cc(CNC23CC4CC(CC(C4)C2)C3)ccc1OCCc1ccccc1. The molecule has 2 aromatic rings. The Balaban J connectivity index is 1.19. The van der Waals surface area contributed by atoms with Gasteiger partial charge in [0.1, 0.15) is 0 Å². The molecule has 4 aliphatic carbocycles. The highest BCUT2D eigenvalue weighted by Crippen LogP contribution is 2.55. The number of nitrogens with one attached hydrogen (secondary N) is 1. The Morgan fingerprint density at radius 3 is 2.21 bits per heavy atom. The van der Waals surface area contributed by atoms with Gasteiger partial charge in [0.15, 0.2) is 11.5 Å². The fourth-order valence-electron chi connectivity index (χ4n) is 6.48. The zero-order valence-electron chi connectivity index (χ0n) is 17.5. The topological polar surface area (TPSA) is 30.5 Å². The minimum atomic E-state index is 0.396. The summed E-state index contributed by atoms with van der Waals surface area (Å²) >= 11 is 0. The first-order valence-electron chi connectivity index (χ1n) is 11.3. The normalized spacial score (nSPS) is 29.8. The van der Waals surface area contributed by atoms with Crippen LogP contribution in [0.5, 0.6) is 11.5 Å². The predicted octanol–water partition coefficient (Wildman–Crippen LogP) is 5.38. The zero-order valence-corrected chi connectivity index (χ0v) is 17.5. The van der Waals surface area contributed by atoms with Crippen LogP contribution in [0, 0.1) is 17.8 Å². The van der Waals surface area contributed by atoms with E-state index in [9.17, 15) is 0 Å². The molecule has 0 heterocycles. The second kappa shape index (κ2) is 8.02. The standard InChI is InChI=1S/C26H33NO2/c1-28-25-14-20(7-8-24(25)29-10-9-19-5-3-2-4-6-19)18-27-26-15-21-11-22(16-26)13-23(12-21)17-26/h2-8,14,21-23,27H,9-13,15-18H2,1H3. The van der Waals surface area contributed by atoms with Crippen molar-refractivity contribution in [2.45, 2.75) is 57.0 Å². The van der Waals surface area contributed by atoms with Gasteiger partial charge in [-0.1, -0.05) is 36.4 Å². The lowest BCUT2D eigenvalue weighted by Gasteiger charge is -2.57. The van der Waals surface area contributed by atoms with Crippen molar-refractivity contribution in [1.82, 2.24) is 5.32 Å². The number of benzene rings is 2. The summed E-state index contributed by atoms with van der Waals surface area (Å²) in [4.78, 5) is 0. The molecule has 4 fully saturated rings. The third kappa shape index (κ3) is 4.16. The van der Waals surface area contributed by atoms with E-state index in [1.54, 1.807) is 7.11 Å². The summed E-state index contributed by atoms with van der Waals surface area (Å²) in [5.74, 6) is 4.60. The van der Waals surface area contributed by atoms with E-state index in [4.69, 9.17) is 9.47 Å². The fraction of sp³-hybridized carbons (Fsp3) is 0.538. The van der Waals surface area contributed by atoms with E-state index in [0.29, 0.717) is 12.1 Å². The van der Waals surface area contributed by atoms with Crippen LogP contribution in [-0.2, 0) is 13.0 Å². The van der Waals surface area contributed by atoms with Crippen LogP contribution in [0.2, 0.25) is 0 Å². The molecule has 0 saturated heterocycles. The van der Waals surface area contributed by atoms with Gasteiger partial charge in [-0.05, 0) is 79.5 Å². The van der Waals surface area contributed by atoms with Crippen LogP contribution in [0.15, 0.2) is 48.5 Å². The van der Waals surface area contributed by atoms with Crippen molar-refractivity contribution in [1.29, 1.82) is 0 Å². The monoisotopic (exact) mass is 391 g/mol. The summed E-state index contributed by atoms with van der Waals surface area (Å²) in [6.45, 7) is 1.58. The van der Waals surface area contributed by atoms with Crippen molar-refractivity contribution in [3.05, 3.63) is 59.7 Å². The summed E-state index contributed by atoms with van der Waals surface area (Å²) in [7, 11) is 1.73. The first-order valence-corrected chi connectivity index (χ1v) is 11.3. The Labute approximate surface area is 174 Å². The van der Waals surface area contributed by atoms with E-state index < -0.39 is 0 Å². The van der Waals surface area contributed by atoms with E-state index in [0.717, 1.165) is 42.2 Å². The fourth-order valence-corrected chi connectivity index (χ4v) is 6.48. The molecular formula is C26H33NO2. The average Bonchev–Trinajstić information content (AvgIpc) is 2.73. The highest BCUT2D eigenvalue weighted by atomic mass is 16.5. The van der Waals surface area contributed by atoms with Crippen LogP contribution >= 0.6 is 0 Å². The summed E-state index contributed by atoms with van der Waals surface area (Å²) < 4.78 is 11.7. The first kappa shape index (κ1) is 19.0. The van der Waals surface area contributed by atoms with Crippen LogP contribution in [-0.4, -0.2) is 19.3 Å². The highest BCUT2D eigenvalue weighted by molar-refractivity contribution is 5.43. The second-order valence-corrected chi connectivity index (χ2v) is 9.62. The molecule has 1 N–H and O–H groups in total. The van der Waals surface area contributed by atoms with Gasteiger partial charge in [-0.2, -0.15) is 0 Å². The summed E-state index contributed by atoms with van der Waals surface area (Å²) in [5.41, 5.74) is 2.98. The predicted molar refractivity (Wildman–Crippen MR) is 116 cm³/mol. The van der Waals surface area contributed by atoms with Crippen molar-refractivity contribution < 1.29 is 9.47 Å². The molecule has 2 aromatic carbocycles. The number of hydrogen-bond acceptors (Lipinski definition) is 3. The molecule has 4 aliphatic rings. The van der Waals surface area contributed by atoms with E-state index in [-0.39, 0.29) is 0 Å². The summed E-state index contributed by atoms with van der Waals surface area (Å²) in [6, 6.07) is 16.9.